The number of ether oxygens (including phenoxy) is 1. The maximum Gasteiger partial charge on any atom is 0.115 e. The van der Waals surface area contributed by atoms with Gasteiger partial charge in [-0.1, -0.05) is 49.1 Å². The number of benzene rings is 1. The molecule has 0 bridgehead atoms. The normalized spacial score (nSPS) is 24.4. The summed E-state index contributed by atoms with van der Waals surface area (Å²) < 4.78 is 5.59. The van der Waals surface area contributed by atoms with Crippen LogP contribution in [0.1, 0.15) is 17.5 Å². The van der Waals surface area contributed by atoms with E-state index in [1.165, 1.54) is 11.1 Å². The van der Waals surface area contributed by atoms with E-state index in [0.29, 0.717) is 0 Å². The van der Waals surface area contributed by atoms with Crippen LogP contribution >= 0.6 is 0 Å². The van der Waals surface area contributed by atoms with Crippen molar-refractivity contribution >= 4 is 6.08 Å². The predicted octanol–water partition coefficient (Wildman–Crippen LogP) is 3.13. The fraction of sp³-hybridized carbons (Fsp3) is 0.231. The molecule has 0 aliphatic heterocycles. The molecular weight excluding hydrogens is 172 g/mol. The summed E-state index contributed by atoms with van der Waals surface area (Å²) in [6.07, 6.45) is 7.02. The van der Waals surface area contributed by atoms with Crippen LogP contribution in [0.4, 0.5) is 0 Å². The molecule has 1 unspecified atom stereocenters. The molecule has 0 amide bonds. The molecular formula is C13H14O. The van der Waals surface area contributed by atoms with E-state index in [2.05, 4.69) is 30.9 Å². The lowest BCUT2D eigenvalue weighted by atomic mass is 9.83. The topological polar surface area (TPSA) is 9.23 Å². The summed E-state index contributed by atoms with van der Waals surface area (Å²) in [5.41, 5.74) is 2.10. The van der Waals surface area contributed by atoms with Crippen molar-refractivity contribution in [1.29, 1.82) is 0 Å². The van der Waals surface area contributed by atoms with E-state index in [1.54, 1.807) is 7.11 Å². The molecule has 0 fully saturated rings. The molecule has 1 aliphatic rings. The SMILES string of the molecule is C=CC1(OC)CC=Cc2ccccc21. The van der Waals surface area contributed by atoms with Gasteiger partial charge in [-0.2, -0.15) is 0 Å². The lowest BCUT2D eigenvalue weighted by Gasteiger charge is -2.32. The number of methoxy groups -OCH3 is 1. The molecule has 0 N–H and O–H groups in total. The second kappa shape index (κ2) is 3.43. The first-order chi connectivity index (χ1) is 6.82. The van der Waals surface area contributed by atoms with Crippen LogP contribution in [0.5, 0.6) is 0 Å². The Morgan fingerprint density at radius 2 is 2.21 bits per heavy atom. The number of hydrogen-bond acceptors (Lipinski definition) is 1. The van der Waals surface area contributed by atoms with Gasteiger partial charge in [-0.05, 0) is 11.1 Å². The lowest BCUT2D eigenvalue weighted by Crippen LogP contribution is -2.27. The van der Waals surface area contributed by atoms with Crippen molar-refractivity contribution in [3.8, 4) is 0 Å². The van der Waals surface area contributed by atoms with Gasteiger partial charge in [0, 0.05) is 13.5 Å². The van der Waals surface area contributed by atoms with E-state index >= 15 is 0 Å². The van der Waals surface area contributed by atoms with Gasteiger partial charge in [-0.3, -0.25) is 0 Å². The third-order valence-corrected chi connectivity index (χ3v) is 2.83. The maximum absolute atomic E-state index is 5.59. The summed E-state index contributed by atoms with van der Waals surface area (Å²) in [6.45, 7) is 3.87. The second-order valence-corrected chi connectivity index (χ2v) is 3.49. The van der Waals surface area contributed by atoms with Gasteiger partial charge in [0.1, 0.15) is 5.60 Å². The Balaban J connectivity index is 2.60. The standard InChI is InChI=1S/C13H14O/c1-3-13(14-2)10-6-8-11-7-4-5-9-12(11)13/h3-9H,1,10H2,2H3. The number of rotatable bonds is 2. The number of fused-ring (bicyclic) bond motifs is 1. The van der Waals surface area contributed by atoms with E-state index in [0.717, 1.165) is 6.42 Å². The van der Waals surface area contributed by atoms with E-state index in [9.17, 15) is 0 Å². The largest absolute Gasteiger partial charge is 0.369 e. The Morgan fingerprint density at radius 1 is 1.43 bits per heavy atom. The lowest BCUT2D eigenvalue weighted by molar-refractivity contribution is 0.0309. The Bertz CT molecular complexity index is 379. The molecule has 0 radical (unpaired) electrons. The van der Waals surface area contributed by atoms with Gasteiger partial charge in [0.05, 0.1) is 0 Å². The van der Waals surface area contributed by atoms with Gasteiger partial charge in [0.2, 0.25) is 0 Å². The molecule has 1 heteroatoms. The van der Waals surface area contributed by atoms with Crippen molar-refractivity contribution in [3.05, 3.63) is 54.1 Å². The van der Waals surface area contributed by atoms with Gasteiger partial charge in [0.25, 0.3) is 0 Å². The monoisotopic (exact) mass is 186 g/mol. The summed E-state index contributed by atoms with van der Waals surface area (Å²) in [5.74, 6) is 0. The van der Waals surface area contributed by atoms with Crippen molar-refractivity contribution in [1.82, 2.24) is 0 Å². The highest BCUT2D eigenvalue weighted by atomic mass is 16.5. The maximum atomic E-state index is 5.59. The van der Waals surface area contributed by atoms with Crippen molar-refractivity contribution in [3.63, 3.8) is 0 Å². The van der Waals surface area contributed by atoms with Crippen LogP contribution in [0.2, 0.25) is 0 Å². The highest BCUT2D eigenvalue weighted by Crippen LogP contribution is 2.37. The Hall–Kier alpha value is -1.34. The van der Waals surface area contributed by atoms with E-state index in [1.807, 2.05) is 18.2 Å². The third kappa shape index (κ3) is 1.21. The fourth-order valence-corrected chi connectivity index (χ4v) is 1.97. The Labute approximate surface area is 84.7 Å². The zero-order valence-electron chi connectivity index (χ0n) is 8.36. The van der Waals surface area contributed by atoms with E-state index < -0.39 is 0 Å². The van der Waals surface area contributed by atoms with Gasteiger partial charge >= 0.3 is 0 Å². The van der Waals surface area contributed by atoms with E-state index in [4.69, 9.17) is 4.74 Å². The predicted molar refractivity (Wildman–Crippen MR) is 59.0 cm³/mol. The zero-order chi connectivity index (χ0) is 10.0. The molecule has 72 valence electrons. The summed E-state index contributed by atoms with van der Waals surface area (Å²) in [7, 11) is 1.73. The molecule has 0 heterocycles. The van der Waals surface area contributed by atoms with Crippen molar-refractivity contribution in [2.24, 2.45) is 0 Å². The molecule has 0 saturated carbocycles. The van der Waals surface area contributed by atoms with Gasteiger partial charge in [-0.25, -0.2) is 0 Å². The van der Waals surface area contributed by atoms with Crippen LogP contribution in [0.15, 0.2) is 43.0 Å². The average molecular weight is 186 g/mol. The summed E-state index contributed by atoms with van der Waals surface area (Å²) in [6, 6.07) is 8.28. The van der Waals surface area contributed by atoms with Crippen molar-refractivity contribution < 1.29 is 4.74 Å². The van der Waals surface area contributed by atoms with Crippen LogP contribution in [-0.2, 0) is 10.3 Å². The first-order valence-corrected chi connectivity index (χ1v) is 4.77. The van der Waals surface area contributed by atoms with Crippen molar-refractivity contribution in [2.45, 2.75) is 12.0 Å². The molecule has 2 rings (SSSR count). The third-order valence-electron chi connectivity index (χ3n) is 2.83. The molecule has 1 nitrogen and oxygen atoms in total. The Morgan fingerprint density at radius 3 is 2.93 bits per heavy atom. The fourth-order valence-electron chi connectivity index (χ4n) is 1.97. The zero-order valence-corrected chi connectivity index (χ0v) is 8.36. The molecule has 14 heavy (non-hydrogen) atoms. The molecule has 1 aromatic carbocycles. The summed E-state index contributed by atoms with van der Waals surface area (Å²) in [5, 5.41) is 0. The highest BCUT2D eigenvalue weighted by molar-refractivity contribution is 5.59. The second-order valence-electron chi connectivity index (χ2n) is 3.49. The van der Waals surface area contributed by atoms with Gasteiger partial charge in [0.15, 0.2) is 0 Å². The average Bonchev–Trinajstić information content (AvgIpc) is 2.28. The summed E-state index contributed by atoms with van der Waals surface area (Å²) in [4.78, 5) is 0. The Kier molecular flexibility index (Phi) is 2.26. The summed E-state index contributed by atoms with van der Waals surface area (Å²) >= 11 is 0. The molecule has 0 saturated heterocycles. The molecule has 1 aromatic rings. The molecule has 1 aliphatic carbocycles. The first-order valence-electron chi connectivity index (χ1n) is 4.77. The van der Waals surface area contributed by atoms with Crippen LogP contribution < -0.4 is 0 Å². The minimum Gasteiger partial charge on any atom is -0.369 e. The van der Waals surface area contributed by atoms with E-state index in [-0.39, 0.29) is 5.60 Å². The van der Waals surface area contributed by atoms with Crippen LogP contribution in [0.25, 0.3) is 6.08 Å². The minimum absolute atomic E-state index is 0.328. The first kappa shape index (κ1) is 9.22. The van der Waals surface area contributed by atoms with Crippen LogP contribution in [-0.4, -0.2) is 7.11 Å². The van der Waals surface area contributed by atoms with Crippen LogP contribution in [0, 0.1) is 0 Å². The van der Waals surface area contributed by atoms with Crippen molar-refractivity contribution in [2.75, 3.05) is 7.11 Å². The van der Waals surface area contributed by atoms with Crippen LogP contribution in [0.3, 0.4) is 0 Å². The minimum atomic E-state index is -0.328. The molecule has 0 spiro atoms. The molecule has 0 aromatic heterocycles. The van der Waals surface area contributed by atoms with Gasteiger partial charge < -0.3 is 4.74 Å². The van der Waals surface area contributed by atoms with Gasteiger partial charge in [-0.15, -0.1) is 0 Å². The number of hydrogen-bond donors (Lipinski definition) is 0. The highest BCUT2D eigenvalue weighted by Gasteiger charge is 2.30. The quantitative estimate of drug-likeness (QED) is 0.645. The molecule has 1 atom stereocenters. The smallest absolute Gasteiger partial charge is 0.115 e.